The van der Waals surface area contributed by atoms with E-state index in [-0.39, 0.29) is 29.6 Å². The second-order valence-electron chi connectivity index (χ2n) is 10.2. The highest BCUT2D eigenvalue weighted by Gasteiger charge is 2.47. The third-order valence-electron chi connectivity index (χ3n) is 7.69. The maximum absolute atomic E-state index is 13.7. The molecule has 0 aliphatic heterocycles. The first-order valence-corrected chi connectivity index (χ1v) is 13.2. The molecule has 0 aromatic carbocycles. The number of hydrogen-bond acceptors (Lipinski definition) is 6. The number of aryl methyl sites for hydroxylation is 2. The van der Waals surface area contributed by atoms with Gasteiger partial charge < -0.3 is 10.2 Å². The first-order chi connectivity index (χ1) is 17.3. The summed E-state index contributed by atoms with van der Waals surface area (Å²) >= 11 is 1.65. The molecular formula is C24H28F3N7OS. The van der Waals surface area contributed by atoms with Crippen LogP contribution in [0.1, 0.15) is 61.2 Å². The fraction of sp³-hybridized carbons (Fsp3) is 0.583. The Hall–Kier alpha value is -2.89. The number of carbonyl (C=O) groups is 1. The van der Waals surface area contributed by atoms with Crippen LogP contribution >= 0.6 is 11.3 Å². The van der Waals surface area contributed by atoms with Crippen LogP contribution in [0.25, 0.3) is 0 Å². The van der Waals surface area contributed by atoms with Crippen molar-refractivity contribution < 1.29 is 18.0 Å². The SMILES string of the molecule is C[C@H]1C[C@@H]1C(=O)N(c1cc2c(s1)CC[C@H](n1cnnc1Nc1cc(C(F)F)nn1C)C2)C1CC(F)C1. The van der Waals surface area contributed by atoms with Crippen LogP contribution in [0.5, 0.6) is 0 Å². The van der Waals surface area contributed by atoms with Gasteiger partial charge in [-0.05, 0) is 56.1 Å². The molecule has 36 heavy (non-hydrogen) atoms. The summed E-state index contributed by atoms with van der Waals surface area (Å²) < 4.78 is 43.1. The van der Waals surface area contributed by atoms with E-state index in [4.69, 9.17) is 0 Å². The molecule has 6 rings (SSSR count). The van der Waals surface area contributed by atoms with Gasteiger partial charge in [0.05, 0.1) is 5.00 Å². The lowest BCUT2D eigenvalue weighted by atomic mass is 9.88. The zero-order valence-electron chi connectivity index (χ0n) is 20.1. The van der Waals surface area contributed by atoms with Gasteiger partial charge in [-0.3, -0.25) is 14.0 Å². The fourth-order valence-electron chi connectivity index (χ4n) is 5.32. The molecule has 0 bridgehead atoms. The van der Waals surface area contributed by atoms with E-state index in [2.05, 4.69) is 33.6 Å². The minimum Gasteiger partial charge on any atom is -0.309 e. The number of anilines is 3. The number of aromatic nitrogens is 5. The topological polar surface area (TPSA) is 80.9 Å². The van der Waals surface area contributed by atoms with Gasteiger partial charge in [0.25, 0.3) is 6.43 Å². The first-order valence-electron chi connectivity index (χ1n) is 12.4. The van der Waals surface area contributed by atoms with E-state index >= 15 is 0 Å². The van der Waals surface area contributed by atoms with Crippen LogP contribution in [0.3, 0.4) is 0 Å². The number of thiophene rings is 1. The van der Waals surface area contributed by atoms with E-state index in [1.165, 1.54) is 21.2 Å². The quantitative estimate of drug-likeness (QED) is 0.477. The molecule has 3 aromatic rings. The predicted molar refractivity (Wildman–Crippen MR) is 130 cm³/mol. The smallest absolute Gasteiger partial charge is 0.282 e. The summed E-state index contributed by atoms with van der Waals surface area (Å²) in [5.74, 6) is 1.46. The van der Waals surface area contributed by atoms with E-state index in [1.54, 1.807) is 24.7 Å². The molecule has 3 heterocycles. The molecule has 2 saturated carbocycles. The van der Waals surface area contributed by atoms with Gasteiger partial charge in [0, 0.05) is 36.0 Å². The largest absolute Gasteiger partial charge is 0.309 e. The zero-order valence-corrected chi connectivity index (χ0v) is 20.9. The summed E-state index contributed by atoms with van der Waals surface area (Å²) in [6, 6.07) is 3.44. The number of halogens is 3. The molecule has 3 aliphatic rings. The number of alkyl halides is 3. The highest BCUT2D eigenvalue weighted by Crippen LogP contribution is 2.46. The summed E-state index contributed by atoms with van der Waals surface area (Å²) in [7, 11) is 1.59. The van der Waals surface area contributed by atoms with E-state index < -0.39 is 12.6 Å². The maximum atomic E-state index is 13.7. The van der Waals surface area contributed by atoms with Gasteiger partial charge >= 0.3 is 0 Å². The number of carbonyl (C=O) groups excluding carboxylic acids is 1. The lowest BCUT2D eigenvalue weighted by Crippen LogP contribution is -2.49. The Kier molecular flexibility index (Phi) is 5.81. The van der Waals surface area contributed by atoms with E-state index in [1.807, 2.05) is 9.47 Å². The van der Waals surface area contributed by atoms with Gasteiger partial charge in [0.2, 0.25) is 11.9 Å². The van der Waals surface area contributed by atoms with Crippen LogP contribution in [0.2, 0.25) is 0 Å². The zero-order chi connectivity index (χ0) is 25.1. The normalized spacial score (nSPS) is 27.0. The molecule has 0 radical (unpaired) electrons. The first kappa shape index (κ1) is 23.5. The molecule has 1 amide bonds. The Morgan fingerprint density at radius 3 is 2.72 bits per heavy atom. The number of rotatable bonds is 7. The van der Waals surface area contributed by atoms with E-state index in [0.29, 0.717) is 30.5 Å². The lowest BCUT2D eigenvalue weighted by Gasteiger charge is -2.39. The molecule has 3 atom stereocenters. The van der Waals surface area contributed by atoms with Crippen LogP contribution in [-0.2, 0) is 24.7 Å². The minimum absolute atomic E-state index is 0.0538. The van der Waals surface area contributed by atoms with Gasteiger partial charge in [-0.2, -0.15) is 5.10 Å². The van der Waals surface area contributed by atoms with Crippen molar-refractivity contribution in [2.75, 3.05) is 10.2 Å². The third kappa shape index (κ3) is 4.18. The van der Waals surface area contributed by atoms with Gasteiger partial charge in [-0.15, -0.1) is 21.5 Å². The summed E-state index contributed by atoms with van der Waals surface area (Å²) in [4.78, 5) is 16.4. The van der Waals surface area contributed by atoms with Crippen molar-refractivity contribution >= 4 is 34.0 Å². The van der Waals surface area contributed by atoms with Crippen molar-refractivity contribution in [1.29, 1.82) is 0 Å². The van der Waals surface area contributed by atoms with Crippen molar-refractivity contribution in [1.82, 2.24) is 24.5 Å². The predicted octanol–water partition coefficient (Wildman–Crippen LogP) is 4.97. The van der Waals surface area contributed by atoms with Gasteiger partial charge in [0.15, 0.2) is 0 Å². The van der Waals surface area contributed by atoms with Crippen molar-refractivity contribution in [3.8, 4) is 0 Å². The molecule has 8 nitrogen and oxygen atoms in total. The van der Waals surface area contributed by atoms with Gasteiger partial charge in [-0.1, -0.05) is 6.92 Å². The molecule has 192 valence electrons. The standard InChI is InChI=1S/C24H28F3N7OS/c1-12-5-17(12)23(35)34(16-8-14(25)9-16)21-7-13-6-15(3-4-19(13)36-21)33-11-28-30-24(33)29-20-10-18(22(26)27)31-32(20)2/h7,10-12,14-17,22H,3-6,8-9H2,1-2H3,(H,29,30)/t12-,14?,15-,16?,17-/m0/s1. The van der Waals surface area contributed by atoms with Crippen molar-refractivity contribution in [3.05, 3.63) is 34.6 Å². The van der Waals surface area contributed by atoms with Crippen LogP contribution in [-0.4, -0.2) is 42.7 Å². The Morgan fingerprint density at radius 1 is 1.28 bits per heavy atom. The lowest BCUT2D eigenvalue weighted by molar-refractivity contribution is -0.121. The van der Waals surface area contributed by atoms with Crippen LogP contribution in [0, 0.1) is 11.8 Å². The Bertz CT molecular complexity index is 1280. The second-order valence-corrected chi connectivity index (χ2v) is 11.4. The highest BCUT2D eigenvalue weighted by molar-refractivity contribution is 7.16. The van der Waals surface area contributed by atoms with Gasteiger partial charge in [-0.25, -0.2) is 13.2 Å². The average molecular weight is 520 g/mol. The monoisotopic (exact) mass is 519 g/mol. The fourth-order valence-corrected chi connectivity index (χ4v) is 6.60. The molecule has 3 aliphatic carbocycles. The third-order valence-corrected chi connectivity index (χ3v) is 8.93. The Morgan fingerprint density at radius 2 is 2.06 bits per heavy atom. The van der Waals surface area contributed by atoms with Crippen molar-refractivity contribution in [2.45, 2.75) is 70.1 Å². The Labute approximate surface area is 210 Å². The van der Waals surface area contributed by atoms with E-state index in [9.17, 15) is 18.0 Å². The second kappa shape index (κ2) is 8.89. The number of fused-ring (bicyclic) bond motifs is 1. The molecule has 0 unspecified atom stereocenters. The maximum Gasteiger partial charge on any atom is 0.282 e. The van der Waals surface area contributed by atoms with Crippen molar-refractivity contribution in [2.24, 2.45) is 18.9 Å². The summed E-state index contributed by atoms with van der Waals surface area (Å²) in [5, 5.41) is 16.1. The number of nitrogens with zero attached hydrogens (tertiary/aromatic N) is 6. The minimum atomic E-state index is -2.65. The molecule has 0 saturated heterocycles. The molecular weight excluding hydrogens is 491 g/mol. The van der Waals surface area contributed by atoms with Crippen LogP contribution in [0.15, 0.2) is 18.5 Å². The summed E-state index contributed by atoms with van der Waals surface area (Å²) in [6.45, 7) is 2.09. The molecule has 12 heteroatoms. The van der Waals surface area contributed by atoms with E-state index in [0.717, 1.165) is 30.7 Å². The molecule has 0 spiro atoms. The van der Waals surface area contributed by atoms with Crippen molar-refractivity contribution in [3.63, 3.8) is 0 Å². The number of nitrogens with one attached hydrogen (secondary N) is 1. The van der Waals surface area contributed by atoms with Gasteiger partial charge in [0.1, 0.15) is 24.0 Å². The van der Waals surface area contributed by atoms with Crippen LogP contribution < -0.4 is 10.2 Å². The molecule has 1 N–H and O–H groups in total. The molecule has 3 aromatic heterocycles. The average Bonchev–Trinajstić information content (AvgIpc) is 3.17. The molecule has 2 fully saturated rings. The summed E-state index contributed by atoms with van der Waals surface area (Å²) in [6.07, 6.45) is 2.35. The number of hydrogen-bond donors (Lipinski definition) is 1. The Balaban J connectivity index is 1.21. The summed E-state index contributed by atoms with van der Waals surface area (Å²) in [5.41, 5.74) is 0.883. The number of amides is 1. The van der Waals surface area contributed by atoms with Crippen LogP contribution in [0.4, 0.5) is 29.9 Å². The highest BCUT2D eigenvalue weighted by atomic mass is 32.1.